The Labute approximate surface area is 77.0 Å². The Kier molecular flexibility index (Phi) is 2.43. The summed E-state index contributed by atoms with van der Waals surface area (Å²) in [6, 6.07) is 5.53. The van der Waals surface area contributed by atoms with Crippen LogP contribution in [0.25, 0.3) is 0 Å². The van der Waals surface area contributed by atoms with Crippen LogP contribution in [0.1, 0.15) is 29.9 Å². The molecule has 0 aromatic carbocycles. The van der Waals surface area contributed by atoms with Gasteiger partial charge in [0.05, 0.1) is 11.5 Å². The van der Waals surface area contributed by atoms with E-state index >= 15 is 0 Å². The van der Waals surface area contributed by atoms with E-state index in [-0.39, 0.29) is 0 Å². The van der Waals surface area contributed by atoms with Gasteiger partial charge >= 0.3 is 0 Å². The van der Waals surface area contributed by atoms with Gasteiger partial charge in [0.1, 0.15) is 5.69 Å². The number of aromatic nitrogens is 1. The Morgan fingerprint density at radius 3 is 2.62 bits per heavy atom. The molecule has 0 saturated carbocycles. The number of carbonyl (C=O) groups is 1. The zero-order valence-corrected chi connectivity index (χ0v) is 7.61. The van der Waals surface area contributed by atoms with Crippen molar-refractivity contribution in [2.45, 2.75) is 19.3 Å². The molecule has 66 valence electrons. The standard InChI is InChI=1S/C10H10N2O/c1-10(2,7-11)8-3-4-9(6-13)12-5-8/h3-6H,1-2H3. The van der Waals surface area contributed by atoms with Crippen LogP contribution in [-0.4, -0.2) is 11.3 Å². The second-order valence-corrected chi connectivity index (χ2v) is 3.33. The number of carbonyl (C=O) groups excluding carboxylic acids is 1. The van der Waals surface area contributed by atoms with Crippen molar-refractivity contribution in [1.29, 1.82) is 5.26 Å². The molecule has 1 aromatic rings. The molecule has 1 aromatic heterocycles. The summed E-state index contributed by atoms with van der Waals surface area (Å²) in [6.45, 7) is 3.62. The van der Waals surface area contributed by atoms with E-state index < -0.39 is 5.41 Å². The van der Waals surface area contributed by atoms with E-state index in [1.54, 1.807) is 18.3 Å². The molecule has 0 aliphatic carbocycles. The second-order valence-electron chi connectivity index (χ2n) is 3.33. The van der Waals surface area contributed by atoms with Gasteiger partial charge in [-0.2, -0.15) is 5.26 Å². The van der Waals surface area contributed by atoms with Crippen molar-refractivity contribution in [2.75, 3.05) is 0 Å². The number of rotatable bonds is 2. The summed E-state index contributed by atoms with van der Waals surface area (Å²) in [5.41, 5.74) is 0.659. The minimum Gasteiger partial charge on any atom is -0.296 e. The smallest absolute Gasteiger partial charge is 0.168 e. The molecule has 0 radical (unpaired) electrons. The summed E-state index contributed by atoms with van der Waals surface area (Å²) in [4.78, 5) is 14.2. The first-order valence-electron chi connectivity index (χ1n) is 3.93. The molecule has 13 heavy (non-hydrogen) atoms. The number of nitriles is 1. The van der Waals surface area contributed by atoms with Gasteiger partial charge in [-0.15, -0.1) is 0 Å². The van der Waals surface area contributed by atoms with Crippen molar-refractivity contribution in [3.05, 3.63) is 29.6 Å². The third-order valence-electron chi connectivity index (χ3n) is 1.91. The summed E-state index contributed by atoms with van der Waals surface area (Å²) in [7, 11) is 0. The first kappa shape index (κ1) is 9.40. The Hall–Kier alpha value is -1.69. The fourth-order valence-electron chi connectivity index (χ4n) is 0.909. The topological polar surface area (TPSA) is 53.8 Å². The number of hydrogen-bond donors (Lipinski definition) is 0. The van der Waals surface area contributed by atoms with Crippen LogP contribution in [0.3, 0.4) is 0 Å². The highest BCUT2D eigenvalue weighted by Crippen LogP contribution is 2.20. The van der Waals surface area contributed by atoms with Gasteiger partial charge in [0.2, 0.25) is 0 Å². The molecule has 1 rings (SSSR count). The lowest BCUT2D eigenvalue weighted by Gasteiger charge is -2.14. The molecule has 0 fully saturated rings. The fourth-order valence-corrected chi connectivity index (χ4v) is 0.909. The average molecular weight is 174 g/mol. The molecular weight excluding hydrogens is 164 g/mol. The highest BCUT2D eigenvalue weighted by Gasteiger charge is 2.19. The van der Waals surface area contributed by atoms with Crippen molar-refractivity contribution >= 4 is 6.29 Å². The molecule has 0 aliphatic heterocycles. The number of aldehydes is 1. The molecule has 1 heterocycles. The van der Waals surface area contributed by atoms with Crippen LogP contribution in [0, 0.1) is 11.3 Å². The van der Waals surface area contributed by atoms with E-state index in [2.05, 4.69) is 11.1 Å². The van der Waals surface area contributed by atoms with E-state index in [0.717, 1.165) is 5.56 Å². The van der Waals surface area contributed by atoms with E-state index in [1.807, 2.05) is 13.8 Å². The lowest BCUT2D eigenvalue weighted by atomic mass is 9.87. The summed E-state index contributed by atoms with van der Waals surface area (Å²) in [5.74, 6) is 0. The summed E-state index contributed by atoms with van der Waals surface area (Å²) < 4.78 is 0. The van der Waals surface area contributed by atoms with E-state index in [1.165, 1.54) is 0 Å². The molecule has 0 N–H and O–H groups in total. The van der Waals surface area contributed by atoms with E-state index in [9.17, 15) is 4.79 Å². The predicted octanol–water partition coefficient (Wildman–Crippen LogP) is 1.70. The largest absolute Gasteiger partial charge is 0.296 e. The van der Waals surface area contributed by atoms with Crippen LogP contribution in [0.2, 0.25) is 0 Å². The second kappa shape index (κ2) is 3.36. The minimum absolute atomic E-state index is 0.387. The molecular formula is C10H10N2O. The lowest BCUT2D eigenvalue weighted by molar-refractivity contribution is 0.111. The van der Waals surface area contributed by atoms with Crippen molar-refractivity contribution in [3.63, 3.8) is 0 Å². The van der Waals surface area contributed by atoms with Gasteiger partial charge in [0.15, 0.2) is 6.29 Å². The Balaban J connectivity index is 3.07. The van der Waals surface area contributed by atoms with E-state index in [0.29, 0.717) is 12.0 Å². The van der Waals surface area contributed by atoms with Gasteiger partial charge in [-0.25, -0.2) is 0 Å². The Morgan fingerprint density at radius 2 is 2.23 bits per heavy atom. The Bertz CT molecular complexity index is 346. The molecule has 0 amide bonds. The third kappa shape index (κ3) is 1.91. The van der Waals surface area contributed by atoms with Crippen molar-refractivity contribution in [3.8, 4) is 6.07 Å². The lowest BCUT2D eigenvalue weighted by Crippen LogP contribution is -2.14. The van der Waals surface area contributed by atoms with Crippen molar-refractivity contribution < 1.29 is 4.79 Å². The number of pyridine rings is 1. The molecule has 0 bridgehead atoms. The first-order chi connectivity index (χ1) is 6.10. The highest BCUT2D eigenvalue weighted by molar-refractivity contribution is 5.71. The van der Waals surface area contributed by atoms with Gasteiger partial charge < -0.3 is 0 Å². The SMILES string of the molecule is CC(C)(C#N)c1ccc(C=O)nc1. The zero-order valence-electron chi connectivity index (χ0n) is 7.61. The van der Waals surface area contributed by atoms with Crippen LogP contribution < -0.4 is 0 Å². The van der Waals surface area contributed by atoms with Crippen molar-refractivity contribution in [1.82, 2.24) is 4.98 Å². The maximum absolute atomic E-state index is 10.3. The number of hydrogen-bond acceptors (Lipinski definition) is 3. The van der Waals surface area contributed by atoms with Crippen LogP contribution in [0.15, 0.2) is 18.3 Å². The molecule has 3 nitrogen and oxygen atoms in total. The zero-order chi connectivity index (χ0) is 9.90. The maximum atomic E-state index is 10.3. The van der Waals surface area contributed by atoms with Gasteiger partial charge in [-0.05, 0) is 25.5 Å². The normalized spacial score (nSPS) is 10.5. The van der Waals surface area contributed by atoms with Crippen molar-refractivity contribution in [2.24, 2.45) is 0 Å². The van der Waals surface area contributed by atoms with Crippen LogP contribution in [-0.2, 0) is 5.41 Å². The summed E-state index contributed by atoms with van der Waals surface area (Å²) in [5, 5.41) is 8.83. The molecule has 0 spiro atoms. The monoisotopic (exact) mass is 174 g/mol. The van der Waals surface area contributed by atoms with Crippen LogP contribution in [0.4, 0.5) is 0 Å². The third-order valence-corrected chi connectivity index (χ3v) is 1.91. The molecule has 0 unspecified atom stereocenters. The van der Waals surface area contributed by atoms with Gasteiger partial charge in [-0.1, -0.05) is 6.07 Å². The van der Waals surface area contributed by atoms with Crippen LogP contribution >= 0.6 is 0 Å². The summed E-state index contributed by atoms with van der Waals surface area (Å²) >= 11 is 0. The fraction of sp³-hybridized carbons (Fsp3) is 0.300. The first-order valence-corrected chi connectivity index (χ1v) is 3.93. The molecule has 0 atom stereocenters. The number of nitrogens with zero attached hydrogens (tertiary/aromatic N) is 2. The minimum atomic E-state index is -0.547. The van der Waals surface area contributed by atoms with E-state index in [4.69, 9.17) is 5.26 Å². The van der Waals surface area contributed by atoms with Crippen LogP contribution in [0.5, 0.6) is 0 Å². The maximum Gasteiger partial charge on any atom is 0.168 e. The quantitative estimate of drug-likeness (QED) is 0.641. The van der Waals surface area contributed by atoms with Gasteiger partial charge in [0, 0.05) is 6.20 Å². The summed E-state index contributed by atoms with van der Waals surface area (Å²) in [6.07, 6.45) is 2.25. The van der Waals surface area contributed by atoms with Gasteiger partial charge in [-0.3, -0.25) is 9.78 Å². The highest BCUT2D eigenvalue weighted by atomic mass is 16.1. The Morgan fingerprint density at radius 1 is 1.54 bits per heavy atom. The molecule has 3 heteroatoms. The predicted molar refractivity (Wildman–Crippen MR) is 48.3 cm³/mol. The van der Waals surface area contributed by atoms with Gasteiger partial charge in [0.25, 0.3) is 0 Å². The average Bonchev–Trinajstić information content (AvgIpc) is 2.18. The molecule has 0 aliphatic rings. The molecule has 0 saturated heterocycles.